The summed E-state index contributed by atoms with van der Waals surface area (Å²) in [6.45, 7) is 8.94. The van der Waals surface area contributed by atoms with E-state index in [9.17, 15) is 0 Å². The summed E-state index contributed by atoms with van der Waals surface area (Å²) in [4.78, 5) is 4.55. The second kappa shape index (κ2) is 3.19. The van der Waals surface area contributed by atoms with Gasteiger partial charge < -0.3 is 0 Å². The van der Waals surface area contributed by atoms with E-state index in [-0.39, 0.29) is 10.8 Å². The van der Waals surface area contributed by atoms with Crippen molar-refractivity contribution in [2.75, 3.05) is 0 Å². The molecule has 0 saturated carbocycles. The van der Waals surface area contributed by atoms with Gasteiger partial charge in [-0.2, -0.15) is 0 Å². The first-order valence-corrected chi connectivity index (χ1v) is 5.55. The van der Waals surface area contributed by atoms with Gasteiger partial charge in [-0.15, -0.1) is 0 Å². The molecule has 1 heterocycles. The van der Waals surface area contributed by atoms with Gasteiger partial charge >= 0.3 is 0 Å². The molecule has 80 valence electrons. The average molecular weight is 201 g/mol. The third-order valence-corrected chi connectivity index (χ3v) is 2.85. The molecule has 1 aliphatic carbocycles. The van der Waals surface area contributed by atoms with Crippen LogP contribution in [0.4, 0.5) is 0 Å². The van der Waals surface area contributed by atoms with Gasteiger partial charge in [0.1, 0.15) is 0 Å². The van der Waals surface area contributed by atoms with E-state index in [4.69, 9.17) is 0 Å². The second-order valence-electron chi connectivity index (χ2n) is 5.83. The molecule has 0 unspecified atom stereocenters. The van der Waals surface area contributed by atoms with Gasteiger partial charge in [0.25, 0.3) is 0 Å². The maximum atomic E-state index is 4.55. The van der Waals surface area contributed by atoms with Crippen LogP contribution in [0.1, 0.15) is 34.1 Å². The number of fused-ring (bicyclic) bond motifs is 1. The number of hydrogen-bond donors (Lipinski definition) is 0. The summed E-state index contributed by atoms with van der Waals surface area (Å²) in [6.07, 6.45) is 12.0. The Morgan fingerprint density at radius 1 is 1.20 bits per heavy atom. The number of nitrogens with zero attached hydrogens (tertiary/aromatic N) is 1. The van der Waals surface area contributed by atoms with Crippen molar-refractivity contribution < 1.29 is 0 Å². The lowest BCUT2D eigenvalue weighted by atomic mass is 9.81. The topological polar surface area (TPSA) is 12.4 Å². The van der Waals surface area contributed by atoms with Gasteiger partial charge in [0, 0.05) is 17.0 Å². The highest BCUT2D eigenvalue weighted by molar-refractivity contribution is 5.71. The van der Waals surface area contributed by atoms with Crippen LogP contribution in [0.5, 0.6) is 0 Å². The van der Waals surface area contributed by atoms with Crippen LogP contribution in [0.3, 0.4) is 0 Å². The molecule has 0 atom stereocenters. The Bertz CT molecular complexity index is 390. The first-order chi connectivity index (χ1) is 6.88. The maximum absolute atomic E-state index is 4.55. The fraction of sp³-hybridized carbons (Fsp3) is 0.500. The summed E-state index contributed by atoms with van der Waals surface area (Å²) in [7, 11) is 0. The van der Waals surface area contributed by atoms with Gasteiger partial charge in [0.2, 0.25) is 0 Å². The van der Waals surface area contributed by atoms with Crippen molar-refractivity contribution in [2.24, 2.45) is 15.8 Å². The first kappa shape index (κ1) is 10.4. The summed E-state index contributed by atoms with van der Waals surface area (Å²) in [5.41, 5.74) is 2.87. The SMILES string of the molecule is CC1(C)C=CC=C2N=CC(C)(C)CC2=C1. The Hall–Kier alpha value is -1.11. The molecule has 1 heteroatoms. The van der Waals surface area contributed by atoms with Crippen molar-refractivity contribution >= 4 is 6.21 Å². The normalized spacial score (nSPS) is 26.4. The van der Waals surface area contributed by atoms with E-state index in [2.05, 4.69) is 63.2 Å². The number of hydrogen-bond acceptors (Lipinski definition) is 1. The van der Waals surface area contributed by atoms with Crippen LogP contribution in [0, 0.1) is 10.8 Å². The number of allylic oxidation sites excluding steroid dienone is 5. The van der Waals surface area contributed by atoms with Gasteiger partial charge in [-0.05, 0) is 18.1 Å². The number of rotatable bonds is 0. The van der Waals surface area contributed by atoms with Crippen molar-refractivity contribution in [1.29, 1.82) is 0 Å². The van der Waals surface area contributed by atoms with Gasteiger partial charge in [-0.25, -0.2) is 0 Å². The molecule has 2 rings (SSSR count). The highest BCUT2D eigenvalue weighted by Crippen LogP contribution is 2.37. The van der Waals surface area contributed by atoms with E-state index < -0.39 is 0 Å². The highest BCUT2D eigenvalue weighted by Gasteiger charge is 2.26. The highest BCUT2D eigenvalue weighted by atomic mass is 14.8. The van der Waals surface area contributed by atoms with Crippen LogP contribution in [0.2, 0.25) is 0 Å². The lowest BCUT2D eigenvalue weighted by molar-refractivity contribution is 0.513. The van der Waals surface area contributed by atoms with Crippen LogP contribution >= 0.6 is 0 Å². The molecule has 0 bridgehead atoms. The van der Waals surface area contributed by atoms with Crippen LogP contribution in [0.15, 0.2) is 40.6 Å². The predicted molar refractivity (Wildman–Crippen MR) is 66.0 cm³/mol. The van der Waals surface area contributed by atoms with Crippen LogP contribution in [-0.4, -0.2) is 6.21 Å². The molecule has 2 aliphatic rings. The molecule has 0 aromatic carbocycles. The summed E-state index contributed by atoms with van der Waals surface area (Å²) >= 11 is 0. The van der Waals surface area contributed by atoms with Crippen LogP contribution < -0.4 is 0 Å². The third kappa shape index (κ3) is 2.28. The fourth-order valence-corrected chi connectivity index (χ4v) is 2.11. The Morgan fingerprint density at radius 3 is 2.67 bits per heavy atom. The quantitative estimate of drug-likeness (QED) is 0.563. The molecule has 0 amide bonds. The summed E-state index contributed by atoms with van der Waals surface area (Å²) < 4.78 is 0. The van der Waals surface area contributed by atoms with E-state index in [1.165, 1.54) is 5.57 Å². The molecule has 1 nitrogen and oxygen atoms in total. The largest absolute Gasteiger partial charge is 0.260 e. The Labute approximate surface area is 92.3 Å². The molecule has 0 aromatic heterocycles. The Kier molecular flexibility index (Phi) is 2.22. The van der Waals surface area contributed by atoms with Gasteiger partial charge in [-0.1, -0.05) is 45.9 Å². The standard InChI is InChI=1S/C14H19N/c1-13(2)7-5-6-12-11(8-13)9-14(3,4)10-15-12/h5-8,10H,9H2,1-4H3. The van der Waals surface area contributed by atoms with Crippen molar-refractivity contribution in [1.82, 2.24) is 0 Å². The smallest absolute Gasteiger partial charge is 0.0655 e. The van der Waals surface area contributed by atoms with E-state index >= 15 is 0 Å². The zero-order valence-corrected chi connectivity index (χ0v) is 10.0. The van der Waals surface area contributed by atoms with Crippen molar-refractivity contribution in [3.8, 4) is 0 Å². The molecule has 0 radical (unpaired) electrons. The molecule has 0 aromatic rings. The van der Waals surface area contributed by atoms with E-state index in [1.807, 2.05) is 0 Å². The fourth-order valence-electron chi connectivity index (χ4n) is 2.11. The zero-order chi connectivity index (χ0) is 11.1. The Balaban J connectivity index is 2.44. The second-order valence-corrected chi connectivity index (χ2v) is 5.83. The minimum Gasteiger partial charge on any atom is -0.260 e. The predicted octanol–water partition coefficient (Wildman–Crippen LogP) is 3.89. The van der Waals surface area contributed by atoms with Crippen molar-refractivity contribution in [2.45, 2.75) is 34.1 Å². The Morgan fingerprint density at radius 2 is 1.93 bits per heavy atom. The maximum Gasteiger partial charge on any atom is 0.0655 e. The van der Waals surface area contributed by atoms with Crippen LogP contribution in [0.25, 0.3) is 0 Å². The zero-order valence-electron chi connectivity index (χ0n) is 10.0. The lowest BCUT2D eigenvalue weighted by Crippen LogP contribution is -2.19. The lowest BCUT2D eigenvalue weighted by Gasteiger charge is -2.27. The summed E-state index contributed by atoms with van der Waals surface area (Å²) in [5.74, 6) is 0. The average Bonchev–Trinajstić information content (AvgIpc) is 2.19. The molecule has 0 N–H and O–H groups in total. The minimum absolute atomic E-state index is 0.149. The molecular weight excluding hydrogens is 182 g/mol. The molecule has 0 spiro atoms. The monoisotopic (exact) mass is 201 g/mol. The van der Waals surface area contributed by atoms with Gasteiger partial charge in [0.05, 0.1) is 5.70 Å². The van der Waals surface area contributed by atoms with E-state index in [0.29, 0.717) is 0 Å². The van der Waals surface area contributed by atoms with Gasteiger partial charge in [0.15, 0.2) is 0 Å². The van der Waals surface area contributed by atoms with Gasteiger partial charge in [-0.3, -0.25) is 4.99 Å². The van der Waals surface area contributed by atoms with Crippen LogP contribution in [-0.2, 0) is 0 Å². The minimum atomic E-state index is 0.149. The summed E-state index contributed by atoms with van der Waals surface area (Å²) in [6, 6.07) is 0. The summed E-state index contributed by atoms with van der Waals surface area (Å²) in [5, 5.41) is 0. The van der Waals surface area contributed by atoms with Crippen molar-refractivity contribution in [3.05, 3.63) is 35.6 Å². The molecular formula is C14H19N. The molecule has 15 heavy (non-hydrogen) atoms. The first-order valence-electron chi connectivity index (χ1n) is 5.55. The van der Waals surface area contributed by atoms with E-state index in [0.717, 1.165) is 12.1 Å². The van der Waals surface area contributed by atoms with Crippen molar-refractivity contribution in [3.63, 3.8) is 0 Å². The number of aliphatic imine (C=N–C) groups is 1. The molecule has 1 aliphatic heterocycles. The van der Waals surface area contributed by atoms with E-state index in [1.54, 1.807) is 0 Å². The third-order valence-electron chi connectivity index (χ3n) is 2.85. The molecule has 0 saturated heterocycles. The molecule has 0 fully saturated rings.